The van der Waals surface area contributed by atoms with E-state index in [-0.39, 0.29) is 12.5 Å². The van der Waals surface area contributed by atoms with Gasteiger partial charge in [-0.25, -0.2) is 0 Å². The third-order valence-corrected chi connectivity index (χ3v) is 5.96. The van der Waals surface area contributed by atoms with E-state index in [1.54, 1.807) is 16.2 Å². The van der Waals surface area contributed by atoms with E-state index in [1.807, 2.05) is 47.8 Å². The lowest BCUT2D eigenvalue weighted by molar-refractivity contribution is -0.153. The van der Waals surface area contributed by atoms with Crippen LogP contribution in [0.3, 0.4) is 0 Å². The Labute approximate surface area is 163 Å². The van der Waals surface area contributed by atoms with Gasteiger partial charge in [0.15, 0.2) is 11.9 Å². The van der Waals surface area contributed by atoms with Crippen molar-refractivity contribution in [2.45, 2.75) is 50.4 Å². The normalized spacial score (nSPS) is 19.0. The van der Waals surface area contributed by atoms with Gasteiger partial charge in [0, 0.05) is 17.8 Å². The van der Waals surface area contributed by atoms with Gasteiger partial charge in [0.05, 0.1) is 6.04 Å². The molecule has 0 saturated carbocycles. The van der Waals surface area contributed by atoms with Crippen molar-refractivity contribution < 1.29 is 19.8 Å². The van der Waals surface area contributed by atoms with Crippen molar-refractivity contribution in [2.75, 3.05) is 6.54 Å². The number of carbonyl (C=O) groups excluding carboxylic acids is 2. The average molecular weight is 388 g/mol. The fraction of sp³-hybridized carbons (Fsp3) is 0.429. The standard InChI is InChI=1S/C21H25NO4S/c23-18(12-4-9-16-10-6-14-27-16)19(24)20(25)21(26)22-13-5-11-17(22)15-7-2-1-3-8-15/h1-3,6-8,10,14,17,19-20,24-25H,4-5,9,11-13H2/t17-,19+,20-/m1/s1. The summed E-state index contributed by atoms with van der Waals surface area (Å²) in [5.41, 5.74) is 1.01. The van der Waals surface area contributed by atoms with Crippen molar-refractivity contribution in [1.29, 1.82) is 0 Å². The molecule has 0 radical (unpaired) electrons. The lowest BCUT2D eigenvalue weighted by Crippen LogP contribution is -2.47. The molecule has 0 bridgehead atoms. The van der Waals surface area contributed by atoms with Gasteiger partial charge in [-0.1, -0.05) is 36.4 Å². The molecule has 1 saturated heterocycles. The van der Waals surface area contributed by atoms with Crippen LogP contribution in [-0.4, -0.2) is 45.6 Å². The van der Waals surface area contributed by atoms with Crippen LogP contribution >= 0.6 is 11.3 Å². The molecular weight excluding hydrogens is 362 g/mol. The summed E-state index contributed by atoms with van der Waals surface area (Å²) in [6.45, 7) is 0.523. The molecule has 1 aliphatic rings. The number of Topliss-reactive ketones (excluding diaryl/α,β-unsaturated/α-hetero) is 1. The van der Waals surface area contributed by atoms with E-state index in [1.165, 1.54) is 4.88 Å². The maximum absolute atomic E-state index is 12.7. The molecular formula is C21H25NO4S. The third kappa shape index (κ3) is 4.83. The molecule has 1 aliphatic heterocycles. The molecule has 1 aromatic carbocycles. The number of benzene rings is 1. The number of hydrogen-bond acceptors (Lipinski definition) is 5. The van der Waals surface area contributed by atoms with Crippen molar-refractivity contribution in [3.05, 3.63) is 58.3 Å². The highest BCUT2D eigenvalue weighted by atomic mass is 32.1. The average Bonchev–Trinajstić information content (AvgIpc) is 3.38. The lowest BCUT2D eigenvalue weighted by Gasteiger charge is -2.28. The Bertz CT molecular complexity index is 747. The number of hydrogen-bond donors (Lipinski definition) is 2. The van der Waals surface area contributed by atoms with Crippen LogP contribution in [0.25, 0.3) is 0 Å². The second kappa shape index (κ2) is 9.26. The van der Waals surface area contributed by atoms with Crippen LogP contribution in [0.5, 0.6) is 0 Å². The largest absolute Gasteiger partial charge is 0.382 e. The second-order valence-electron chi connectivity index (χ2n) is 6.89. The number of nitrogens with zero attached hydrogens (tertiary/aromatic N) is 1. The van der Waals surface area contributed by atoms with Crippen molar-refractivity contribution >= 4 is 23.0 Å². The summed E-state index contributed by atoms with van der Waals surface area (Å²) in [5, 5.41) is 22.5. The minimum atomic E-state index is -1.71. The maximum Gasteiger partial charge on any atom is 0.255 e. The van der Waals surface area contributed by atoms with E-state index >= 15 is 0 Å². The van der Waals surface area contributed by atoms with E-state index in [2.05, 4.69) is 0 Å². The zero-order valence-electron chi connectivity index (χ0n) is 15.2. The lowest BCUT2D eigenvalue weighted by atomic mass is 10.0. The van der Waals surface area contributed by atoms with E-state index in [4.69, 9.17) is 0 Å². The number of aryl methyl sites for hydroxylation is 1. The van der Waals surface area contributed by atoms with Crippen LogP contribution in [0.1, 0.15) is 42.2 Å². The first-order valence-electron chi connectivity index (χ1n) is 9.34. The molecule has 2 N–H and O–H groups in total. The van der Waals surface area contributed by atoms with Gasteiger partial charge in [0.25, 0.3) is 5.91 Å². The number of thiophene rings is 1. The van der Waals surface area contributed by atoms with Gasteiger partial charge >= 0.3 is 0 Å². The third-order valence-electron chi connectivity index (χ3n) is 5.03. The van der Waals surface area contributed by atoms with Gasteiger partial charge in [-0.3, -0.25) is 9.59 Å². The van der Waals surface area contributed by atoms with Gasteiger partial charge in [0.1, 0.15) is 6.10 Å². The summed E-state index contributed by atoms with van der Waals surface area (Å²) in [5.74, 6) is -1.05. The van der Waals surface area contributed by atoms with E-state index in [0.29, 0.717) is 13.0 Å². The van der Waals surface area contributed by atoms with Crippen LogP contribution < -0.4 is 0 Å². The fourth-order valence-corrected chi connectivity index (χ4v) is 4.32. The molecule has 5 nitrogen and oxygen atoms in total. The summed E-state index contributed by atoms with van der Waals surface area (Å²) < 4.78 is 0. The molecule has 3 rings (SSSR count). The molecule has 0 unspecified atom stereocenters. The molecule has 6 heteroatoms. The molecule has 1 aromatic heterocycles. The van der Waals surface area contributed by atoms with Crippen molar-refractivity contribution in [2.24, 2.45) is 0 Å². The van der Waals surface area contributed by atoms with E-state index in [0.717, 1.165) is 24.8 Å². The SMILES string of the molecule is O=C(CCCc1cccs1)[C@H](O)[C@@H](O)C(=O)N1CCC[C@@H]1c1ccccc1. The van der Waals surface area contributed by atoms with Gasteiger partial charge in [-0.05, 0) is 42.7 Å². The van der Waals surface area contributed by atoms with Crippen molar-refractivity contribution in [3.8, 4) is 0 Å². The van der Waals surface area contributed by atoms with Crippen LogP contribution in [0.4, 0.5) is 0 Å². The molecule has 27 heavy (non-hydrogen) atoms. The first kappa shape index (κ1) is 19.7. The smallest absolute Gasteiger partial charge is 0.255 e. The van der Waals surface area contributed by atoms with E-state index < -0.39 is 23.9 Å². The Morgan fingerprint density at radius 1 is 1.11 bits per heavy atom. The summed E-state index contributed by atoms with van der Waals surface area (Å²) in [6, 6.07) is 13.5. The summed E-state index contributed by atoms with van der Waals surface area (Å²) in [7, 11) is 0. The highest BCUT2D eigenvalue weighted by Crippen LogP contribution is 2.32. The topological polar surface area (TPSA) is 77.8 Å². The number of likely N-dealkylation sites (tertiary alicyclic amines) is 1. The predicted molar refractivity (Wildman–Crippen MR) is 104 cm³/mol. The summed E-state index contributed by atoms with van der Waals surface area (Å²) >= 11 is 1.63. The number of carbonyl (C=O) groups is 2. The number of rotatable bonds is 8. The molecule has 1 amide bonds. The Balaban J connectivity index is 1.56. The molecule has 0 aliphatic carbocycles. The Morgan fingerprint density at radius 2 is 1.89 bits per heavy atom. The molecule has 2 heterocycles. The van der Waals surface area contributed by atoms with Gasteiger partial charge in [-0.2, -0.15) is 0 Å². The number of aliphatic hydroxyl groups is 2. The highest BCUT2D eigenvalue weighted by Gasteiger charge is 2.38. The Kier molecular flexibility index (Phi) is 6.77. The van der Waals surface area contributed by atoms with Gasteiger partial charge < -0.3 is 15.1 Å². The summed E-state index contributed by atoms with van der Waals surface area (Å²) in [6.07, 6.45) is -0.237. The molecule has 0 spiro atoms. The zero-order chi connectivity index (χ0) is 19.2. The minimum Gasteiger partial charge on any atom is -0.382 e. The van der Waals surface area contributed by atoms with Gasteiger partial charge in [0.2, 0.25) is 0 Å². The zero-order valence-corrected chi connectivity index (χ0v) is 16.0. The Hall–Kier alpha value is -2.02. The number of aliphatic hydroxyl groups excluding tert-OH is 2. The van der Waals surface area contributed by atoms with Crippen LogP contribution in [-0.2, 0) is 16.0 Å². The minimum absolute atomic E-state index is 0.116. The molecule has 3 atom stereocenters. The van der Waals surface area contributed by atoms with Crippen LogP contribution in [0.2, 0.25) is 0 Å². The quantitative estimate of drug-likeness (QED) is 0.730. The molecule has 2 aromatic rings. The predicted octanol–water partition coefficient (Wildman–Crippen LogP) is 2.73. The monoisotopic (exact) mass is 387 g/mol. The fourth-order valence-electron chi connectivity index (χ4n) is 3.57. The Morgan fingerprint density at radius 3 is 2.59 bits per heavy atom. The number of amides is 1. The highest BCUT2D eigenvalue weighted by molar-refractivity contribution is 7.09. The van der Waals surface area contributed by atoms with E-state index in [9.17, 15) is 19.8 Å². The first-order valence-corrected chi connectivity index (χ1v) is 10.2. The van der Waals surface area contributed by atoms with Gasteiger partial charge in [-0.15, -0.1) is 11.3 Å². The maximum atomic E-state index is 12.7. The molecule has 144 valence electrons. The van der Waals surface area contributed by atoms with Crippen LogP contribution in [0, 0.1) is 0 Å². The first-order chi connectivity index (χ1) is 13.1. The van der Waals surface area contributed by atoms with Crippen molar-refractivity contribution in [3.63, 3.8) is 0 Å². The van der Waals surface area contributed by atoms with Crippen molar-refractivity contribution in [1.82, 2.24) is 4.90 Å². The van der Waals surface area contributed by atoms with Crippen LogP contribution in [0.15, 0.2) is 47.8 Å². The second-order valence-corrected chi connectivity index (χ2v) is 7.92. The molecule has 1 fully saturated rings. The summed E-state index contributed by atoms with van der Waals surface area (Å²) in [4.78, 5) is 27.7. The number of ketones is 1.